The maximum atomic E-state index is 12.5. The van der Waals surface area contributed by atoms with E-state index in [1.54, 1.807) is 0 Å². The Morgan fingerprint density at radius 1 is 1.03 bits per heavy atom. The zero-order valence-corrected chi connectivity index (χ0v) is 17.6. The van der Waals surface area contributed by atoms with Crippen molar-refractivity contribution in [2.75, 3.05) is 5.49 Å². The SMILES string of the molecule is O=C(O)C(O)(C=[P+]([O-])CSc1ccc2ccccc2c1)CCCc1ccccc1. The molecule has 0 bridgehead atoms. The Morgan fingerprint density at radius 2 is 1.72 bits per heavy atom. The maximum absolute atomic E-state index is 12.5. The van der Waals surface area contributed by atoms with Crippen LogP contribution < -0.4 is 4.89 Å². The molecule has 0 radical (unpaired) electrons. The van der Waals surface area contributed by atoms with Crippen molar-refractivity contribution < 1.29 is 19.9 Å². The van der Waals surface area contributed by atoms with Gasteiger partial charge in [0.15, 0.2) is 5.49 Å². The Kier molecular flexibility index (Phi) is 7.45. The highest BCUT2D eigenvalue weighted by Crippen LogP contribution is 2.30. The van der Waals surface area contributed by atoms with E-state index in [4.69, 9.17) is 0 Å². The van der Waals surface area contributed by atoms with Gasteiger partial charge in [-0.05, 0) is 47.7 Å². The summed E-state index contributed by atoms with van der Waals surface area (Å²) in [4.78, 5) is 25.0. The highest BCUT2D eigenvalue weighted by atomic mass is 32.2. The molecule has 0 amide bonds. The molecule has 0 aliphatic rings. The molecule has 0 saturated heterocycles. The quantitative estimate of drug-likeness (QED) is 0.394. The van der Waals surface area contributed by atoms with Crippen LogP contribution >= 0.6 is 19.5 Å². The molecule has 4 nitrogen and oxygen atoms in total. The van der Waals surface area contributed by atoms with Gasteiger partial charge in [-0.15, -0.1) is 0 Å². The van der Waals surface area contributed by atoms with E-state index in [0.717, 1.165) is 27.0 Å². The van der Waals surface area contributed by atoms with E-state index in [1.165, 1.54) is 11.8 Å². The summed E-state index contributed by atoms with van der Waals surface area (Å²) in [6, 6.07) is 23.7. The van der Waals surface area contributed by atoms with E-state index >= 15 is 0 Å². The Bertz CT molecular complexity index is 1010. The molecule has 2 N–H and O–H groups in total. The van der Waals surface area contributed by atoms with Crippen LogP contribution in [0.3, 0.4) is 0 Å². The molecule has 0 aromatic heterocycles. The topological polar surface area (TPSA) is 80.6 Å². The number of aryl methyl sites for hydroxylation is 1. The lowest BCUT2D eigenvalue weighted by atomic mass is 9.97. The van der Waals surface area contributed by atoms with E-state index in [2.05, 4.69) is 0 Å². The number of fused-ring (bicyclic) bond motifs is 1. The first-order valence-corrected chi connectivity index (χ1v) is 11.9. The Labute approximate surface area is 175 Å². The number of benzene rings is 3. The predicted molar refractivity (Wildman–Crippen MR) is 120 cm³/mol. The fraction of sp³-hybridized carbons (Fsp3) is 0.217. The van der Waals surface area contributed by atoms with Crippen molar-refractivity contribution in [3.8, 4) is 0 Å². The second-order valence-corrected chi connectivity index (χ2v) is 9.78. The molecule has 0 aliphatic heterocycles. The molecular weight excluding hydrogens is 403 g/mol. The van der Waals surface area contributed by atoms with Gasteiger partial charge in [0.1, 0.15) is 5.80 Å². The summed E-state index contributed by atoms with van der Waals surface area (Å²) < 4.78 is 0. The number of rotatable bonds is 9. The third kappa shape index (κ3) is 6.15. The highest BCUT2D eigenvalue weighted by molar-refractivity contribution is 8.04. The monoisotopic (exact) mass is 426 g/mol. The molecular formula is C23H23O4PS. The number of aliphatic hydroxyl groups is 1. The highest BCUT2D eigenvalue weighted by Gasteiger charge is 2.36. The first kappa shape index (κ1) is 21.5. The number of hydrogen-bond donors (Lipinski definition) is 2. The van der Waals surface area contributed by atoms with Crippen molar-refractivity contribution in [3.05, 3.63) is 78.4 Å². The summed E-state index contributed by atoms with van der Waals surface area (Å²) in [5.41, 5.74) is -0.773. The van der Waals surface area contributed by atoms with Crippen LogP contribution in [-0.4, -0.2) is 33.1 Å². The van der Waals surface area contributed by atoms with Crippen molar-refractivity contribution in [1.82, 2.24) is 0 Å². The molecule has 0 spiro atoms. The molecule has 2 atom stereocenters. The van der Waals surface area contributed by atoms with Crippen LogP contribution in [0, 0.1) is 0 Å². The minimum atomic E-state index is -2.08. The summed E-state index contributed by atoms with van der Waals surface area (Å²) >= 11 is 1.40. The molecule has 29 heavy (non-hydrogen) atoms. The Morgan fingerprint density at radius 3 is 2.45 bits per heavy atom. The van der Waals surface area contributed by atoms with Crippen LogP contribution in [0.1, 0.15) is 18.4 Å². The average molecular weight is 426 g/mol. The molecule has 3 rings (SSSR count). The molecule has 3 aromatic carbocycles. The summed E-state index contributed by atoms with van der Waals surface area (Å²) in [7, 11) is -1.98. The van der Waals surface area contributed by atoms with Gasteiger partial charge in [-0.25, -0.2) is 4.79 Å². The third-order valence-corrected chi connectivity index (χ3v) is 7.51. The number of hydrogen-bond acceptors (Lipinski definition) is 4. The van der Waals surface area contributed by atoms with Crippen molar-refractivity contribution in [2.24, 2.45) is 0 Å². The first-order valence-electron chi connectivity index (χ1n) is 9.37. The van der Waals surface area contributed by atoms with Gasteiger partial charge in [0.25, 0.3) is 0 Å². The van der Waals surface area contributed by atoms with Gasteiger partial charge in [-0.1, -0.05) is 72.4 Å². The molecule has 0 aliphatic carbocycles. The predicted octanol–water partition coefficient (Wildman–Crippen LogP) is 4.29. The zero-order chi connectivity index (χ0) is 20.7. The van der Waals surface area contributed by atoms with E-state index < -0.39 is 19.3 Å². The summed E-state index contributed by atoms with van der Waals surface area (Å²) in [5.74, 6) is -0.256. The Hall–Kier alpha value is -2.17. The normalized spacial score (nSPS) is 13.9. The lowest BCUT2D eigenvalue weighted by Crippen LogP contribution is -2.40. The van der Waals surface area contributed by atoms with E-state index in [0.29, 0.717) is 12.8 Å². The van der Waals surface area contributed by atoms with Gasteiger partial charge in [-0.3, -0.25) is 0 Å². The zero-order valence-electron chi connectivity index (χ0n) is 15.9. The van der Waals surface area contributed by atoms with Crippen LogP contribution in [0.25, 0.3) is 10.8 Å². The summed E-state index contributed by atoms with van der Waals surface area (Å²) in [6.07, 6.45) is 1.18. The lowest BCUT2D eigenvalue weighted by molar-refractivity contribution is -0.155. The third-order valence-electron chi connectivity index (χ3n) is 4.67. The molecule has 0 heterocycles. The number of thioether (sulfide) groups is 1. The van der Waals surface area contributed by atoms with Crippen LogP contribution in [0.5, 0.6) is 0 Å². The van der Waals surface area contributed by atoms with E-state index in [1.807, 2.05) is 72.8 Å². The summed E-state index contributed by atoms with van der Waals surface area (Å²) in [5, 5.41) is 22.2. The van der Waals surface area contributed by atoms with Gasteiger partial charge in [0.2, 0.25) is 5.60 Å². The maximum Gasteiger partial charge on any atom is 0.343 e. The van der Waals surface area contributed by atoms with Crippen molar-refractivity contribution in [1.29, 1.82) is 0 Å². The minimum Gasteiger partial charge on any atom is -0.630 e. The number of carboxylic acids is 1. The molecule has 0 saturated carbocycles. The van der Waals surface area contributed by atoms with Crippen LogP contribution in [0.15, 0.2) is 77.7 Å². The second kappa shape index (κ2) is 10.0. The van der Waals surface area contributed by atoms with E-state index in [-0.39, 0.29) is 11.9 Å². The molecule has 150 valence electrons. The number of carboxylic acid groups (broad SMARTS) is 1. The van der Waals surface area contributed by atoms with Crippen LogP contribution in [-0.2, 0) is 11.2 Å². The molecule has 0 fully saturated rings. The Balaban J connectivity index is 1.61. The first-order chi connectivity index (χ1) is 14.0. The fourth-order valence-electron chi connectivity index (χ4n) is 3.10. The van der Waals surface area contributed by atoms with Gasteiger partial charge in [0.05, 0.1) is 7.77 Å². The smallest absolute Gasteiger partial charge is 0.343 e. The fourth-order valence-corrected chi connectivity index (χ4v) is 5.60. The second-order valence-electron chi connectivity index (χ2n) is 6.90. The lowest BCUT2D eigenvalue weighted by Gasteiger charge is -2.18. The molecule has 3 aromatic rings. The number of carbonyl (C=O) groups is 1. The van der Waals surface area contributed by atoms with Gasteiger partial charge >= 0.3 is 5.97 Å². The van der Waals surface area contributed by atoms with Crippen molar-refractivity contribution >= 4 is 42.1 Å². The van der Waals surface area contributed by atoms with Gasteiger partial charge < -0.3 is 15.1 Å². The van der Waals surface area contributed by atoms with Gasteiger partial charge in [-0.2, -0.15) is 0 Å². The molecule has 2 unspecified atom stereocenters. The largest absolute Gasteiger partial charge is 0.630 e. The van der Waals surface area contributed by atoms with Crippen molar-refractivity contribution in [2.45, 2.75) is 29.8 Å². The average Bonchev–Trinajstić information content (AvgIpc) is 2.73. The summed E-state index contributed by atoms with van der Waals surface area (Å²) in [6.45, 7) is 0. The van der Waals surface area contributed by atoms with Gasteiger partial charge in [0, 0.05) is 4.90 Å². The van der Waals surface area contributed by atoms with Crippen molar-refractivity contribution in [3.63, 3.8) is 0 Å². The van der Waals surface area contributed by atoms with E-state index in [9.17, 15) is 19.9 Å². The van der Waals surface area contributed by atoms with Crippen LogP contribution in [0.4, 0.5) is 0 Å². The molecule has 6 heteroatoms. The standard InChI is InChI=1S/C23H23O4PS/c24-22(25)23(26,14-6-9-18-7-2-1-3-8-18)16-28(27)17-29-21-13-12-19-10-4-5-11-20(19)15-21/h1-5,7-8,10-13,15-16,26H,6,9,14,17H2,(H,24,25). The van der Waals surface area contributed by atoms with Crippen LogP contribution in [0.2, 0.25) is 0 Å². The number of aliphatic carboxylic acids is 1. The minimum absolute atomic E-state index is 0.0267.